The molecule has 2 aliphatic rings. The maximum atomic E-state index is 11.8. The van der Waals surface area contributed by atoms with Crippen molar-refractivity contribution in [3.05, 3.63) is 39.9 Å². The van der Waals surface area contributed by atoms with E-state index in [9.17, 15) is 4.79 Å². The van der Waals surface area contributed by atoms with Gasteiger partial charge in [0.2, 0.25) is 5.91 Å². The van der Waals surface area contributed by atoms with Crippen LogP contribution in [0.3, 0.4) is 0 Å². The maximum Gasteiger partial charge on any atom is 0.224 e. The van der Waals surface area contributed by atoms with Gasteiger partial charge in [-0.1, -0.05) is 17.6 Å². The van der Waals surface area contributed by atoms with Gasteiger partial charge in [-0.3, -0.25) is 4.79 Å². The fourth-order valence-corrected chi connectivity index (χ4v) is 2.61. The molecule has 1 unspecified atom stereocenters. The van der Waals surface area contributed by atoms with Crippen LogP contribution in [0.25, 0.3) is 5.57 Å². The quantitative estimate of drug-likeness (QED) is 0.821. The molecule has 0 bridgehead atoms. The van der Waals surface area contributed by atoms with Crippen molar-refractivity contribution >= 4 is 23.1 Å². The van der Waals surface area contributed by atoms with Crippen LogP contribution in [0, 0.1) is 5.89 Å². The smallest absolute Gasteiger partial charge is 0.224 e. The van der Waals surface area contributed by atoms with Crippen molar-refractivity contribution in [3.63, 3.8) is 0 Å². The summed E-state index contributed by atoms with van der Waals surface area (Å²) in [6.07, 6.45) is -1.80. The Kier molecular flexibility index (Phi) is 1.51. The lowest BCUT2D eigenvalue weighted by Crippen LogP contribution is -2.27. The Bertz CT molecular complexity index is 745. The molecule has 1 aromatic rings. The predicted octanol–water partition coefficient (Wildman–Crippen LogP) is 2.94. The number of hydrogen-bond donors (Lipinski definition) is 1. The molecule has 0 saturated carbocycles. The van der Waals surface area contributed by atoms with Gasteiger partial charge in [-0.2, -0.15) is 0 Å². The number of allylic oxidation sites excluding steroid dienone is 1. The van der Waals surface area contributed by atoms with Crippen molar-refractivity contribution in [1.29, 1.82) is 0 Å². The van der Waals surface area contributed by atoms with Gasteiger partial charge in [-0.25, -0.2) is 0 Å². The van der Waals surface area contributed by atoms with Gasteiger partial charge < -0.3 is 5.73 Å². The van der Waals surface area contributed by atoms with Crippen LogP contribution in [0.15, 0.2) is 23.7 Å². The molecule has 0 spiro atoms. The first kappa shape index (κ1) is 6.60. The molecule has 3 rings (SSSR count). The molecule has 0 aromatic heterocycles. The fraction of sp³-hybridized carbons (Fsp3) is 0.357. The van der Waals surface area contributed by atoms with E-state index in [2.05, 4.69) is 0 Å². The number of fused-ring (bicyclic) bond motifs is 2. The number of amides is 1. The lowest BCUT2D eigenvalue weighted by Gasteiger charge is -2.22. The van der Waals surface area contributed by atoms with E-state index in [-0.39, 0.29) is 36.4 Å². The monoisotopic (exact) mass is 252 g/mol. The van der Waals surface area contributed by atoms with Crippen molar-refractivity contribution in [1.82, 2.24) is 0 Å². The molecule has 2 aliphatic carbocycles. The number of benzene rings is 1. The lowest BCUT2D eigenvalue weighted by molar-refractivity contribution is -0.121. The Hall–Kier alpha value is -1.28. The zero-order valence-corrected chi connectivity index (χ0v) is 9.82. The molecular weight excluding hydrogens is 234 g/mol. The lowest BCUT2D eigenvalue weighted by atomic mass is 9.82. The third-order valence-corrected chi connectivity index (χ3v) is 3.44. The minimum atomic E-state index is -1.82. The number of rotatable bonds is 1. The molecule has 0 radical (unpaired) electrons. The zero-order valence-electron chi connectivity index (χ0n) is 14.1. The van der Waals surface area contributed by atoms with Crippen molar-refractivity contribution in [2.45, 2.75) is 25.6 Å². The molecule has 1 aromatic carbocycles. The molecule has 88 valence electrons. The number of carbonyl (C=O) groups is 1. The Morgan fingerprint density at radius 2 is 2.47 bits per heavy atom. The highest BCUT2D eigenvalue weighted by atomic mass is 35.5. The van der Waals surface area contributed by atoms with Gasteiger partial charge in [0.15, 0.2) is 0 Å². The maximum absolute atomic E-state index is 11.8. The van der Waals surface area contributed by atoms with E-state index < -0.39 is 18.2 Å². The second kappa shape index (κ2) is 3.88. The summed E-state index contributed by atoms with van der Waals surface area (Å²) >= 11 is 5.97. The standard InChI is InChI=1S/C14H14ClNO/c15-9-5-4-8-6-13-10(12(8)7-9)2-1-3-11(13)14(16)17/h4-5,7,11H,1-3,6H2,(H2,16,17)/i1D2,4D,5D,11D. The average molecular weight is 253 g/mol. The van der Waals surface area contributed by atoms with Gasteiger partial charge in [0.25, 0.3) is 0 Å². The molecule has 1 amide bonds. The van der Waals surface area contributed by atoms with Crippen molar-refractivity contribution in [2.24, 2.45) is 11.6 Å². The average Bonchev–Trinajstić information content (AvgIpc) is 2.74. The molecule has 0 aliphatic heterocycles. The Labute approximate surface area is 112 Å². The molecule has 0 fully saturated rings. The third-order valence-electron chi connectivity index (χ3n) is 3.24. The fourth-order valence-electron chi connectivity index (χ4n) is 2.45. The number of nitrogens with two attached hydrogens (primary N) is 1. The first-order valence-corrected chi connectivity index (χ1v) is 5.76. The Morgan fingerprint density at radius 3 is 3.24 bits per heavy atom. The second-order valence-electron chi connectivity index (χ2n) is 4.21. The van der Waals surface area contributed by atoms with E-state index in [1.165, 1.54) is 6.07 Å². The first-order valence-electron chi connectivity index (χ1n) is 7.88. The van der Waals surface area contributed by atoms with Gasteiger partial charge in [0.05, 0.1) is 8.64 Å². The van der Waals surface area contributed by atoms with Crippen LogP contribution in [0.1, 0.15) is 37.2 Å². The number of primary amides is 1. The summed E-state index contributed by atoms with van der Waals surface area (Å²) in [4.78, 5) is 11.8. The second-order valence-corrected chi connectivity index (χ2v) is 4.62. The van der Waals surface area contributed by atoms with Crippen molar-refractivity contribution < 1.29 is 11.6 Å². The van der Waals surface area contributed by atoms with E-state index in [1.54, 1.807) is 0 Å². The number of halogens is 1. The molecule has 2 nitrogen and oxygen atoms in total. The number of carbonyl (C=O) groups excluding carboxylic acids is 1. The topological polar surface area (TPSA) is 43.1 Å². The van der Waals surface area contributed by atoms with Gasteiger partial charge in [-0.15, -0.1) is 0 Å². The summed E-state index contributed by atoms with van der Waals surface area (Å²) < 4.78 is 40.2. The zero-order chi connectivity index (χ0) is 16.4. The Balaban J connectivity index is 2.25. The van der Waals surface area contributed by atoms with E-state index in [0.29, 0.717) is 22.3 Å². The van der Waals surface area contributed by atoms with Crippen LogP contribution >= 0.6 is 11.6 Å². The van der Waals surface area contributed by atoms with E-state index in [0.717, 1.165) is 0 Å². The van der Waals surface area contributed by atoms with Gasteiger partial charge >= 0.3 is 0 Å². The van der Waals surface area contributed by atoms with Crippen LogP contribution in [0.5, 0.6) is 0 Å². The highest BCUT2D eigenvalue weighted by Gasteiger charge is 2.32. The van der Waals surface area contributed by atoms with Gasteiger partial charge in [0, 0.05) is 9.13 Å². The summed E-state index contributed by atoms with van der Waals surface area (Å²) in [5, 5.41) is 0.110. The van der Waals surface area contributed by atoms with Crippen LogP contribution in [0.2, 0.25) is 5.02 Å². The van der Waals surface area contributed by atoms with E-state index in [1.807, 2.05) is 0 Å². The summed E-state index contributed by atoms with van der Waals surface area (Å²) in [5.74, 6) is -2.71. The minimum absolute atomic E-state index is 0.0377. The molecule has 2 N–H and O–H groups in total. The van der Waals surface area contributed by atoms with Crippen LogP contribution in [0.4, 0.5) is 0 Å². The molecule has 3 heteroatoms. The molecule has 17 heavy (non-hydrogen) atoms. The van der Waals surface area contributed by atoms with E-state index >= 15 is 0 Å². The highest BCUT2D eigenvalue weighted by molar-refractivity contribution is 6.30. The van der Waals surface area contributed by atoms with Crippen LogP contribution in [-0.4, -0.2) is 5.91 Å². The molecule has 0 heterocycles. The van der Waals surface area contributed by atoms with Crippen molar-refractivity contribution in [2.75, 3.05) is 0 Å². The van der Waals surface area contributed by atoms with Gasteiger partial charge in [-0.05, 0) is 60.0 Å². The molecule has 0 saturated heterocycles. The predicted molar refractivity (Wildman–Crippen MR) is 68.6 cm³/mol. The normalized spacial score (nSPS) is 33.8. The van der Waals surface area contributed by atoms with E-state index in [4.69, 9.17) is 24.2 Å². The Morgan fingerprint density at radius 1 is 1.65 bits per heavy atom. The highest BCUT2D eigenvalue weighted by Crippen LogP contribution is 2.44. The summed E-state index contributed by atoms with van der Waals surface area (Å²) in [6.45, 7) is 0. The molecular formula is C14H14ClNO. The van der Waals surface area contributed by atoms with Crippen LogP contribution in [-0.2, 0) is 11.2 Å². The largest absolute Gasteiger partial charge is 0.369 e. The summed E-state index contributed by atoms with van der Waals surface area (Å²) in [5.41, 5.74) is 7.45. The number of hydrogen-bond acceptors (Lipinski definition) is 1. The van der Waals surface area contributed by atoms with Crippen LogP contribution < -0.4 is 5.73 Å². The minimum Gasteiger partial charge on any atom is -0.369 e. The molecule has 1 atom stereocenters. The third kappa shape index (κ3) is 1.67. The summed E-state index contributed by atoms with van der Waals surface area (Å²) in [6, 6.07) is 1.39. The van der Waals surface area contributed by atoms with Crippen molar-refractivity contribution in [3.8, 4) is 0 Å². The SMILES string of the molecule is [2H]c1c(Cl)cc2c(c1[2H])CC1=C2CC([2H])([2H])CC1([2H])C(N)=O. The van der Waals surface area contributed by atoms with Gasteiger partial charge in [0.1, 0.15) is 0 Å². The first-order chi connectivity index (χ1) is 10.1. The summed E-state index contributed by atoms with van der Waals surface area (Å²) in [7, 11) is 0.